The molecule has 7 heteroatoms. The summed E-state index contributed by atoms with van der Waals surface area (Å²) < 4.78 is 10.8. The van der Waals surface area contributed by atoms with Gasteiger partial charge in [0.2, 0.25) is 0 Å². The third-order valence-corrected chi connectivity index (χ3v) is 3.74. The number of methoxy groups -OCH3 is 1. The second kappa shape index (κ2) is 7.33. The number of ether oxygens (including phenoxy) is 2. The highest BCUT2D eigenvalue weighted by molar-refractivity contribution is 6.30. The molecule has 1 heterocycles. The topological polar surface area (TPSA) is 86.0 Å². The zero-order valence-corrected chi connectivity index (χ0v) is 13.8. The van der Waals surface area contributed by atoms with E-state index in [1.165, 1.54) is 0 Å². The molecule has 3 rings (SSSR count). The average Bonchev–Trinajstić information content (AvgIpc) is 3.10. The maximum Gasteiger partial charge on any atom is 0.172 e. The molecule has 0 aliphatic carbocycles. The number of hydrogen-bond acceptors (Lipinski definition) is 5. The molecule has 2 aromatic carbocycles. The molecular formula is C17H17ClN4O2. The molecule has 6 nitrogen and oxygen atoms in total. The first-order chi connectivity index (χ1) is 11.7. The van der Waals surface area contributed by atoms with Crippen LogP contribution < -0.4 is 15.2 Å². The molecule has 0 saturated heterocycles. The van der Waals surface area contributed by atoms with Gasteiger partial charge in [-0.15, -0.1) is 0 Å². The van der Waals surface area contributed by atoms with E-state index in [1.54, 1.807) is 31.4 Å². The van der Waals surface area contributed by atoms with E-state index >= 15 is 0 Å². The van der Waals surface area contributed by atoms with Crippen LogP contribution in [0.1, 0.15) is 23.3 Å². The van der Waals surface area contributed by atoms with E-state index < -0.39 is 6.04 Å². The molecule has 0 bridgehead atoms. The highest BCUT2D eigenvalue weighted by Gasteiger charge is 2.15. The maximum absolute atomic E-state index is 6.20. The van der Waals surface area contributed by atoms with Gasteiger partial charge in [-0.25, -0.2) is 4.98 Å². The van der Waals surface area contributed by atoms with Gasteiger partial charge < -0.3 is 15.2 Å². The summed E-state index contributed by atoms with van der Waals surface area (Å²) in [6, 6.07) is 14.2. The van der Waals surface area contributed by atoms with Gasteiger partial charge in [-0.1, -0.05) is 23.7 Å². The normalized spacial score (nSPS) is 12.0. The Labute approximate surface area is 144 Å². The van der Waals surface area contributed by atoms with Gasteiger partial charge in [0.25, 0.3) is 0 Å². The monoisotopic (exact) mass is 344 g/mol. The molecule has 124 valence electrons. The molecule has 0 aliphatic rings. The molecule has 0 radical (unpaired) electrons. The average molecular weight is 345 g/mol. The van der Waals surface area contributed by atoms with E-state index in [0.29, 0.717) is 22.4 Å². The lowest BCUT2D eigenvalue weighted by molar-refractivity contribution is 0.296. The van der Waals surface area contributed by atoms with Gasteiger partial charge in [-0.3, -0.25) is 5.10 Å². The standard InChI is InChI=1S/C17H17ClN4O2/c1-23-13-6-2-11(3-7-13)16(19)17-20-15(21-22-17)10-24-14-8-4-12(18)5-9-14/h2-9,16H,10,19H2,1H3,(H,20,21,22)/t16-/m1/s1. The quantitative estimate of drug-likeness (QED) is 0.717. The Kier molecular flexibility index (Phi) is 4.98. The van der Waals surface area contributed by atoms with Crippen molar-refractivity contribution in [3.63, 3.8) is 0 Å². The first kappa shape index (κ1) is 16.3. The minimum absolute atomic E-state index is 0.268. The maximum atomic E-state index is 6.20. The summed E-state index contributed by atoms with van der Waals surface area (Å²) in [4.78, 5) is 4.39. The van der Waals surface area contributed by atoms with Crippen LogP contribution in [0.4, 0.5) is 0 Å². The molecule has 0 amide bonds. The first-order valence-corrected chi connectivity index (χ1v) is 7.72. The Balaban J connectivity index is 1.64. The van der Waals surface area contributed by atoms with E-state index in [4.69, 9.17) is 26.8 Å². The van der Waals surface area contributed by atoms with E-state index in [0.717, 1.165) is 11.3 Å². The van der Waals surface area contributed by atoms with E-state index in [1.807, 2.05) is 24.3 Å². The molecule has 3 N–H and O–H groups in total. The number of halogens is 1. The van der Waals surface area contributed by atoms with E-state index in [2.05, 4.69) is 15.2 Å². The van der Waals surface area contributed by atoms with Crippen molar-refractivity contribution in [3.05, 3.63) is 70.8 Å². The van der Waals surface area contributed by atoms with Crippen LogP contribution in [-0.2, 0) is 6.61 Å². The Bertz CT molecular complexity index is 787. The van der Waals surface area contributed by atoms with Crippen molar-refractivity contribution in [3.8, 4) is 11.5 Å². The number of rotatable bonds is 6. The summed E-state index contributed by atoms with van der Waals surface area (Å²) in [6.07, 6.45) is 0. The van der Waals surface area contributed by atoms with Crippen LogP contribution in [0.25, 0.3) is 0 Å². The van der Waals surface area contributed by atoms with Gasteiger partial charge >= 0.3 is 0 Å². The number of H-pyrrole nitrogens is 1. The largest absolute Gasteiger partial charge is 0.497 e. The number of aromatic amines is 1. The second-order valence-corrected chi connectivity index (χ2v) is 5.57. The van der Waals surface area contributed by atoms with Crippen LogP contribution in [0, 0.1) is 0 Å². The fourth-order valence-electron chi connectivity index (χ4n) is 2.16. The molecule has 0 unspecified atom stereocenters. The van der Waals surface area contributed by atoms with Gasteiger partial charge in [-0.05, 0) is 42.0 Å². The molecule has 0 saturated carbocycles. The summed E-state index contributed by atoms with van der Waals surface area (Å²) in [7, 11) is 1.62. The highest BCUT2D eigenvalue weighted by atomic mass is 35.5. The zero-order chi connectivity index (χ0) is 16.9. The molecule has 24 heavy (non-hydrogen) atoms. The predicted octanol–water partition coefficient (Wildman–Crippen LogP) is 3.09. The summed E-state index contributed by atoms with van der Waals surface area (Å²) >= 11 is 5.84. The van der Waals surface area contributed by atoms with Crippen molar-refractivity contribution in [1.29, 1.82) is 0 Å². The Morgan fingerprint density at radius 1 is 1.08 bits per heavy atom. The lowest BCUT2D eigenvalue weighted by atomic mass is 10.1. The zero-order valence-electron chi connectivity index (χ0n) is 13.1. The van der Waals surface area contributed by atoms with Crippen molar-refractivity contribution in [1.82, 2.24) is 15.2 Å². The van der Waals surface area contributed by atoms with E-state index in [-0.39, 0.29) is 6.61 Å². The fraction of sp³-hybridized carbons (Fsp3) is 0.176. The summed E-state index contributed by atoms with van der Waals surface area (Å²) in [5, 5.41) is 7.67. The second-order valence-electron chi connectivity index (χ2n) is 5.13. The van der Waals surface area contributed by atoms with Crippen LogP contribution in [0.2, 0.25) is 5.02 Å². The Hall–Kier alpha value is -2.57. The summed E-state index contributed by atoms with van der Waals surface area (Å²) in [5.74, 6) is 2.59. The number of nitrogens with one attached hydrogen (secondary N) is 1. The van der Waals surface area contributed by atoms with Crippen molar-refractivity contribution in [2.24, 2.45) is 5.73 Å². The van der Waals surface area contributed by atoms with Gasteiger partial charge in [-0.2, -0.15) is 5.10 Å². The van der Waals surface area contributed by atoms with Crippen molar-refractivity contribution >= 4 is 11.6 Å². The molecule has 1 aromatic heterocycles. The van der Waals surface area contributed by atoms with Gasteiger partial charge in [0.05, 0.1) is 13.2 Å². The SMILES string of the molecule is COc1ccc([C@@H](N)c2n[nH]c(COc3ccc(Cl)cc3)n2)cc1. The predicted molar refractivity (Wildman–Crippen MR) is 91.2 cm³/mol. The molecule has 3 aromatic rings. The number of aromatic nitrogens is 3. The Morgan fingerprint density at radius 3 is 2.42 bits per heavy atom. The smallest absolute Gasteiger partial charge is 0.172 e. The molecule has 0 spiro atoms. The van der Waals surface area contributed by atoms with Crippen molar-refractivity contribution in [2.45, 2.75) is 12.6 Å². The number of hydrogen-bond donors (Lipinski definition) is 2. The molecule has 0 fully saturated rings. The van der Waals surface area contributed by atoms with Gasteiger partial charge in [0.15, 0.2) is 11.6 Å². The van der Waals surface area contributed by atoms with Crippen molar-refractivity contribution in [2.75, 3.05) is 7.11 Å². The highest BCUT2D eigenvalue weighted by Crippen LogP contribution is 2.20. The number of benzene rings is 2. The minimum Gasteiger partial charge on any atom is -0.497 e. The Morgan fingerprint density at radius 2 is 1.75 bits per heavy atom. The van der Waals surface area contributed by atoms with Crippen LogP contribution in [0.3, 0.4) is 0 Å². The third-order valence-electron chi connectivity index (χ3n) is 3.49. The lowest BCUT2D eigenvalue weighted by Crippen LogP contribution is -2.13. The first-order valence-electron chi connectivity index (χ1n) is 7.35. The van der Waals surface area contributed by atoms with Crippen LogP contribution in [0.5, 0.6) is 11.5 Å². The number of nitrogens with two attached hydrogens (primary N) is 1. The van der Waals surface area contributed by atoms with Crippen LogP contribution >= 0.6 is 11.6 Å². The lowest BCUT2D eigenvalue weighted by Gasteiger charge is -2.08. The van der Waals surface area contributed by atoms with Gasteiger partial charge in [0, 0.05) is 5.02 Å². The van der Waals surface area contributed by atoms with Crippen LogP contribution in [-0.4, -0.2) is 22.3 Å². The number of nitrogens with zero attached hydrogens (tertiary/aromatic N) is 2. The summed E-state index contributed by atoms with van der Waals surface area (Å²) in [6.45, 7) is 0.268. The summed E-state index contributed by atoms with van der Waals surface area (Å²) in [5.41, 5.74) is 7.11. The van der Waals surface area contributed by atoms with Gasteiger partial charge in [0.1, 0.15) is 18.1 Å². The van der Waals surface area contributed by atoms with Crippen LogP contribution in [0.15, 0.2) is 48.5 Å². The molecule has 0 aliphatic heterocycles. The van der Waals surface area contributed by atoms with E-state index in [9.17, 15) is 0 Å². The fourth-order valence-corrected chi connectivity index (χ4v) is 2.28. The minimum atomic E-state index is -0.420. The molecule has 1 atom stereocenters. The van der Waals surface area contributed by atoms with Crippen molar-refractivity contribution < 1.29 is 9.47 Å². The molecular weight excluding hydrogens is 328 g/mol. The third kappa shape index (κ3) is 3.84.